The van der Waals surface area contributed by atoms with E-state index in [1.165, 1.54) is 13.2 Å². The van der Waals surface area contributed by atoms with E-state index in [2.05, 4.69) is 0 Å². The minimum atomic E-state index is -4.50. The SMILES string of the molecule is CCOC(=O)c1c(-c2cccc(C(F)(F)F)c2)c(C)n2c1-c1cc(OC)c(OC)cc1CC2. The first-order chi connectivity index (χ1) is 15.7. The van der Waals surface area contributed by atoms with Crippen molar-refractivity contribution in [1.82, 2.24) is 4.57 Å². The van der Waals surface area contributed by atoms with Gasteiger partial charge in [0.1, 0.15) is 0 Å². The maximum absolute atomic E-state index is 13.4. The quantitative estimate of drug-likeness (QED) is 0.446. The Morgan fingerprint density at radius 2 is 1.79 bits per heavy atom. The van der Waals surface area contributed by atoms with Crippen LogP contribution in [0.5, 0.6) is 11.5 Å². The highest BCUT2D eigenvalue weighted by Gasteiger charge is 2.34. The Hall–Kier alpha value is -3.42. The minimum Gasteiger partial charge on any atom is -0.493 e. The van der Waals surface area contributed by atoms with Gasteiger partial charge in [0.25, 0.3) is 0 Å². The summed E-state index contributed by atoms with van der Waals surface area (Å²) in [6, 6.07) is 8.71. The lowest BCUT2D eigenvalue weighted by molar-refractivity contribution is -0.137. The molecular weight excluding hydrogens is 435 g/mol. The fraction of sp³-hybridized carbons (Fsp3) is 0.320. The first-order valence-corrected chi connectivity index (χ1v) is 10.5. The first kappa shape index (κ1) is 22.8. The van der Waals surface area contributed by atoms with Gasteiger partial charge >= 0.3 is 12.1 Å². The molecule has 1 aliphatic rings. The zero-order valence-electron chi connectivity index (χ0n) is 18.8. The number of carbonyl (C=O) groups excluding carboxylic acids is 1. The van der Waals surface area contributed by atoms with Gasteiger partial charge in [-0.05, 0) is 55.7 Å². The number of carbonyl (C=O) groups is 1. The maximum Gasteiger partial charge on any atom is 0.416 e. The van der Waals surface area contributed by atoms with E-state index < -0.39 is 17.7 Å². The largest absolute Gasteiger partial charge is 0.493 e. The molecule has 0 spiro atoms. The van der Waals surface area contributed by atoms with E-state index in [-0.39, 0.29) is 12.2 Å². The molecule has 1 aromatic heterocycles. The number of nitrogens with zero attached hydrogens (tertiary/aromatic N) is 1. The molecule has 1 aliphatic heterocycles. The topological polar surface area (TPSA) is 49.7 Å². The predicted octanol–water partition coefficient (Wildman–Crippen LogP) is 5.90. The number of methoxy groups -OCH3 is 2. The van der Waals surface area contributed by atoms with Gasteiger partial charge in [0.05, 0.1) is 37.6 Å². The molecule has 0 fully saturated rings. The van der Waals surface area contributed by atoms with Gasteiger partial charge in [-0.25, -0.2) is 4.79 Å². The van der Waals surface area contributed by atoms with Crippen LogP contribution in [0.4, 0.5) is 13.2 Å². The summed E-state index contributed by atoms with van der Waals surface area (Å²) in [5, 5.41) is 0. The molecule has 5 nitrogen and oxygen atoms in total. The second-order valence-corrected chi connectivity index (χ2v) is 7.75. The highest BCUT2D eigenvalue weighted by molar-refractivity contribution is 6.05. The molecule has 0 N–H and O–H groups in total. The van der Waals surface area contributed by atoms with Crippen LogP contribution in [0.3, 0.4) is 0 Å². The molecule has 0 saturated carbocycles. The van der Waals surface area contributed by atoms with Crippen LogP contribution in [0.25, 0.3) is 22.4 Å². The van der Waals surface area contributed by atoms with Crippen LogP contribution in [0, 0.1) is 6.92 Å². The molecule has 3 aromatic rings. The number of aryl methyl sites for hydroxylation is 1. The number of benzene rings is 2. The summed E-state index contributed by atoms with van der Waals surface area (Å²) in [5.74, 6) is 0.493. The summed E-state index contributed by atoms with van der Waals surface area (Å²) >= 11 is 0. The monoisotopic (exact) mass is 459 g/mol. The lowest BCUT2D eigenvalue weighted by Crippen LogP contribution is -2.15. The predicted molar refractivity (Wildman–Crippen MR) is 118 cm³/mol. The van der Waals surface area contributed by atoms with Crippen LogP contribution in [-0.2, 0) is 23.9 Å². The van der Waals surface area contributed by atoms with E-state index >= 15 is 0 Å². The van der Waals surface area contributed by atoms with Crippen LogP contribution < -0.4 is 9.47 Å². The maximum atomic E-state index is 13.4. The highest BCUT2D eigenvalue weighted by Crippen LogP contribution is 2.46. The highest BCUT2D eigenvalue weighted by atomic mass is 19.4. The molecule has 0 unspecified atom stereocenters. The molecular formula is C25H24F3NO4. The fourth-order valence-electron chi connectivity index (χ4n) is 4.48. The van der Waals surface area contributed by atoms with Crippen molar-refractivity contribution >= 4 is 5.97 Å². The zero-order valence-corrected chi connectivity index (χ0v) is 18.8. The summed E-state index contributed by atoms with van der Waals surface area (Å²) in [6.07, 6.45) is -3.83. The van der Waals surface area contributed by atoms with Crippen LogP contribution in [0.2, 0.25) is 0 Å². The van der Waals surface area contributed by atoms with E-state index in [9.17, 15) is 18.0 Å². The van der Waals surface area contributed by atoms with Crippen molar-refractivity contribution in [1.29, 1.82) is 0 Å². The van der Waals surface area contributed by atoms with Crippen molar-refractivity contribution in [3.8, 4) is 33.9 Å². The van der Waals surface area contributed by atoms with Crippen LogP contribution >= 0.6 is 0 Å². The second kappa shape index (κ2) is 8.50. The van der Waals surface area contributed by atoms with Crippen molar-refractivity contribution in [3.63, 3.8) is 0 Å². The first-order valence-electron chi connectivity index (χ1n) is 10.5. The van der Waals surface area contributed by atoms with E-state index in [4.69, 9.17) is 14.2 Å². The lowest BCUT2D eigenvalue weighted by atomic mass is 9.93. The van der Waals surface area contributed by atoms with E-state index in [1.54, 1.807) is 26.2 Å². The van der Waals surface area contributed by atoms with Crippen LogP contribution in [0.1, 0.15) is 34.1 Å². The zero-order chi connectivity index (χ0) is 23.9. The Labute approximate surface area is 189 Å². The number of esters is 1. The lowest BCUT2D eigenvalue weighted by Gasteiger charge is -2.23. The number of halogens is 3. The van der Waals surface area contributed by atoms with Crippen LogP contribution in [0.15, 0.2) is 36.4 Å². The fourth-order valence-corrected chi connectivity index (χ4v) is 4.48. The summed E-state index contributed by atoms with van der Waals surface area (Å²) in [5.41, 5.74) is 3.27. The molecule has 2 aromatic carbocycles. The van der Waals surface area contributed by atoms with E-state index in [0.717, 1.165) is 23.3 Å². The van der Waals surface area contributed by atoms with Gasteiger partial charge in [0, 0.05) is 23.4 Å². The van der Waals surface area contributed by atoms with Gasteiger partial charge in [-0.2, -0.15) is 13.2 Å². The van der Waals surface area contributed by atoms with Gasteiger partial charge in [-0.1, -0.05) is 12.1 Å². The van der Waals surface area contributed by atoms with E-state index in [1.807, 2.05) is 17.6 Å². The smallest absolute Gasteiger partial charge is 0.416 e. The normalized spacial score (nSPS) is 12.7. The summed E-state index contributed by atoms with van der Waals surface area (Å²) in [6.45, 7) is 4.21. The number of alkyl halides is 3. The Morgan fingerprint density at radius 1 is 1.09 bits per heavy atom. The summed E-state index contributed by atoms with van der Waals surface area (Å²) < 4.78 is 58.5. The standard InChI is InChI=1S/C25H24F3NO4/c1-5-33-24(30)22-21(16-7-6-8-17(11-16)25(26,27)28)14(2)29-10-9-15-12-19(31-3)20(32-4)13-18(15)23(22)29/h6-8,11-13H,5,9-10H2,1-4H3. The summed E-state index contributed by atoms with van der Waals surface area (Å²) in [7, 11) is 3.08. The molecule has 0 aliphatic carbocycles. The van der Waals surface area contributed by atoms with Gasteiger partial charge in [0.2, 0.25) is 0 Å². The number of fused-ring (bicyclic) bond motifs is 3. The van der Waals surface area contributed by atoms with Gasteiger partial charge < -0.3 is 18.8 Å². The second-order valence-electron chi connectivity index (χ2n) is 7.75. The Morgan fingerprint density at radius 3 is 2.42 bits per heavy atom. The molecule has 0 amide bonds. The third-order valence-corrected chi connectivity index (χ3v) is 5.95. The van der Waals surface area contributed by atoms with E-state index in [0.29, 0.717) is 47.0 Å². The van der Waals surface area contributed by atoms with Crippen molar-refractivity contribution in [2.75, 3.05) is 20.8 Å². The minimum absolute atomic E-state index is 0.142. The van der Waals surface area contributed by atoms with Gasteiger partial charge in [-0.15, -0.1) is 0 Å². The Balaban J connectivity index is 2.03. The molecule has 0 saturated heterocycles. The van der Waals surface area contributed by atoms with Crippen molar-refractivity contribution in [2.45, 2.75) is 33.0 Å². The van der Waals surface area contributed by atoms with Crippen molar-refractivity contribution in [2.24, 2.45) is 0 Å². The number of rotatable bonds is 5. The molecule has 0 bridgehead atoms. The molecule has 4 rings (SSSR count). The van der Waals surface area contributed by atoms with Gasteiger partial charge in [0.15, 0.2) is 11.5 Å². The molecule has 33 heavy (non-hydrogen) atoms. The third kappa shape index (κ3) is 3.83. The average molecular weight is 459 g/mol. The number of ether oxygens (including phenoxy) is 3. The summed E-state index contributed by atoms with van der Waals surface area (Å²) in [4.78, 5) is 13.2. The molecule has 8 heteroatoms. The molecule has 0 atom stereocenters. The Bertz CT molecular complexity index is 1230. The van der Waals surface area contributed by atoms with Crippen LogP contribution in [-0.4, -0.2) is 31.4 Å². The third-order valence-electron chi connectivity index (χ3n) is 5.95. The Kier molecular flexibility index (Phi) is 5.86. The van der Waals surface area contributed by atoms with Crippen molar-refractivity contribution < 1.29 is 32.2 Å². The molecule has 2 heterocycles. The number of aromatic nitrogens is 1. The number of hydrogen-bond acceptors (Lipinski definition) is 4. The molecule has 174 valence electrons. The molecule has 0 radical (unpaired) electrons. The number of hydrogen-bond donors (Lipinski definition) is 0. The van der Waals surface area contributed by atoms with Crippen molar-refractivity contribution in [3.05, 3.63) is 58.8 Å². The average Bonchev–Trinajstić information content (AvgIpc) is 3.10. The van der Waals surface area contributed by atoms with Gasteiger partial charge in [-0.3, -0.25) is 0 Å².